The van der Waals surface area contributed by atoms with Gasteiger partial charge in [0.05, 0.1) is 12.2 Å². The maximum absolute atomic E-state index is 6.81. The number of nitrogens with one attached hydrogen (secondary N) is 1. The summed E-state index contributed by atoms with van der Waals surface area (Å²) in [5.74, 6) is 0.885. The number of ether oxygens (including phenoxy) is 1. The van der Waals surface area contributed by atoms with Crippen LogP contribution >= 0.6 is 0 Å². The van der Waals surface area contributed by atoms with Gasteiger partial charge in [-0.1, -0.05) is 47.0 Å². The lowest BCUT2D eigenvalue weighted by Gasteiger charge is -2.41. The van der Waals surface area contributed by atoms with Gasteiger partial charge in [-0.25, -0.2) is 0 Å². The predicted molar refractivity (Wildman–Crippen MR) is 88.4 cm³/mol. The van der Waals surface area contributed by atoms with Crippen LogP contribution in [0.25, 0.3) is 0 Å². The van der Waals surface area contributed by atoms with Gasteiger partial charge >= 0.3 is 0 Å². The van der Waals surface area contributed by atoms with Crippen molar-refractivity contribution in [2.75, 3.05) is 6.54 Å². The zero-order valence-corrected chi connectivity index (χ0v) is 14.6. The van der Waals surface area contributed by atoms with Crippen LogP contribution in [0.15, 0.2) is 0 Å². The molecular formula is C19H35NO. The Morgan fingerprint density at radius 2 is 1.81 bits per heavy atom. The summed E-state index contributed by atoms with van der Waals surface area (Å²) >= 11 is 0. The van der Waals surface area contributed by atoms with Gasteiger partial charge in [0.25, 0.3) is 0 Å². The van der Waals surface area contributed by atoms with Gasteiger partial charge in [0.1, 0.15) is 0 Å². The topological polar surface area (TPSA) is 21.3 Å². The summed E-state index contributed by atoms with van der Waals surface area (Å²) in [6.07, 6.45) is 11.7. The van der Waals surface area contributed by atoms with Crippen molar-refractivity contribution in [3.63, 3.8) is 0 Å². The van der Waals surface area contributed by atoms with Crippen LogP contribution in [0.4, 0.5) is 0 Å². The van der Waals surface area contributed by atoms with Gasteiger partial charge in [-0.2, -0.15) is 0 Å². The molecule has 5 atom stereocenters. The molecule has 3 rings (SSSR count). The Hall–Kier alpha value is -0.0800. The maximum atomic E-state index is 6.81. The molecule has 0 heterocycles. The van der Waals surface area contributed by atoms with Crippen LogP contribution < -0.4 is 5.32 Å². The van der Waals surface area contributed by atoms with Crippen molar-refractivity contribution < 1.29 is 4.74 Å². The van der Waals surface area contributed by atoms with Crippen LogP contribution in [0.3, 0.4) is 0 Å². The molecule has 2 nitrogen and oxygen atoms in total. The van der Waals surface area contributed by atoms with Crippen LogP contribution in [-0.2, 0) is 4.74 Å². The summed E-state index contributed by atoms with van der Waals surface area (Å²) in [6, 6.07) is 0.586. The second-order valence-electron chi connectivity index (χ2n) is 8.58. The van der Waals surface area contributed by atoms with Gasteiger partial charge in [0.2, 0.25) is 0 Å². The Labute approximate surface area is 131 Å². The fourth-order valence-electron chi connectivity index (χ4n) is 5.48. The molecule has 0 aromatic carbocycles. The van der Waals surface area contributed by atoms with E-state index in [4.69, 9.17) is 4.74 Å². The second kappa shape index (κ2) is 5.85. The third-order valence-electron chi connectivity index (χ3n) is 7.47. The van der Waals surface area contributed by atoms with E-state index in [1.165, 1.54) is 51.4 Å². The molecule has 0 aromatic rings. The van der Waals surface area contributed by atoms with Gasteiger partial charge < -0.3 is 10.1 Å². The van der Waals surface area contributed by atoms with Gasteiger partial charge in [-0.3, -0.25) is 0 Å². The smallest absolute Gasteiger partial charge is 0.0732 e. The molecule has 21 heavy (non-hydrogen) atoms. The van der Waals surface area contributed by atoms with E-state index in [1.807, 2.05) is 0 Å². The number of rotatable bonds is 4. The molecule has 3 saturated carbocycles. The zero-order chi connectivity index (χ0) is 15.1. The molecule has 2 heteroatoms. The predicted octanol–water partition coefficient (Wildman–Crippen LogP) is 4.53. The first-order valence-corrected chi connectivity index (χ1v) is 9.38. The monoisotopic (exact) mass is 293 g/mol. The van der Waals surface area contributed by atoms with Gasteiger partial charge in [-0.15, -0.1) is 0 Å². The highest BCUT2D eigenvalue weighted by atomic mass is 16.5. The number of fused-ring (bicyclic) bond motifs is 2. The zero-order valence-electron chi connectivity index (χ0n) is 14.6. The highest BCUT2D eigenvalue weighted by molar-refractivity contribution is 5.11. The van der Waals surface area contributed by atoms with E-state index in [0.717, 1.165) is 12.5 Å². The Morgan fingerprint density at radius 3 is 2.43 bits per heavy atom. The Balaban J connectivity index is 1.70. The van der Waals surface area contributed by atoms with Crippen molar-refractivity contribution in [1.29, 1.82) is 0 Å². The molecule has 0 spiro atoms. The summed E-state index contributed by atoms with van der Waals surface area (Å²) in [7, 11) is 0. The van der Waals surface area contributed by atoms with Crippen molar-refractivity contribution in [2.24, 2.45) is 16.7 Å². The van der Waals surface area contributed by atoms with Gasteiger partial charge in [0, 0.05) is 6.04 Å². The normalized spacial score (nSPS) is 45.7. The standard InChI is InChI=1S/C19H35NO/c1-5-20-15-9-7-6-8-10-16(15)21-17-13-14-11-12-19(17,4)18(14,2)3/h14-17,20H,5-13H2,1-4H3. The summed E-state index contributed by atoms with van der Waals surface area (Å²) < 4.78 is 6.81. The van der Waals surface area contributed by atoms with Crippen molar-refractivity contribution in [2.45, 2.75) is 97.3 Å². The summed E-state index contributed by atoms with van der Waals surface area (Å²) in [5.41, 5.74) is 0.872. The lowest BCUT2D eigenvalue weighted by Crippen LogP contribution is -2.46. The fraction of sp³-hybridized carbons (Fsp3) is 1.00. The van der Waals surface area contributed by atoms with E-state index in [1.54, 1.807) is 0 Å². The van der Waals surface area contributed by atoms with Crippen molar-refractivity contribution in [3.05, 3.63) is 0 Å². The van der Waals surface area contributed by atoms with Crippen LogP contribution in [0.5, 0.6) is 0 Å². The van der Waals surface area contributed by atoms with E-state index in [0.29, 0.717) is 29.1 Å². The molecule has 0 saturated heterocycles. The van der Waals surface area contributed by atoms with Gasteiger partial charge in [-0.05, 0) is 55.4 Å². The maximum Gasteiger partial charge on any atom is 0.0732 e. The summed E-state index contributed by atoms with van der Waals surface area (Å²) in [4.78, 5) is 0. The fourth-order valence-corrected chi connectivity index (χ4v) is 5.48. The highest BCUT2D eigenvalue weighted by Crippen LogP contribution is 2.66. The minimum absolute atomic E-state index is 0.404. The summed E-state index contributed by atoms with van der Waals surface area (Å²) in [6.45, 7) is 10.8. The Morgan fingerprint density at radius 1 is 1.05 bits per heavy atom. The molecule has 3 aliphatic carbocycles. The third kappa shape index (κ3) is 2.57. The molecule has 0 aliphatic heterocycles. The number of hydrogen-bond acceptors (Lipinski definition) is 2. The molecule has 2 bridgehead atoms. The Bertz CT molecular complexity index is 367. The molecule has 1 N–H and O–H groups in total. The molecule has 3 aliphatic rings. The second-order valence-corrected chi connectivity index (χ2v) is 8.58. The van der Waals surface area contributed by atoms with Crippen molar-refractivity contribution in [1.82, 2.24) is 5.32 Å². The molecule has 122 valence electrons. The largest absolute Gasteiger partial charge is 0.373 e. The SMILES string of the molecule is CCNC1CCCCCC1OC1CC2CCC1(C)C2(C)C. The van der Waals surface area contributed by atoms with Crippen molar-refractivity contribution in [3.8, 4) is 0 Å². The van der Waals surface area contributed by atoms with Crippen LogP contribution in [0, 0.1) is 16.7 Å². The third-order valence-corrected chi connectivity index (χ3v) is 7.47. The lowest BCUT2D eigenvalue weighted by atomic mass is 9.70. The molecule has 0 radical (unpaired) electrons. The molecule has 3 fully saturated rings. The van der Waals surface area contributed by atoms with E-state index in [2.05, 4.69) is 33.0 Å². The molecule has 0 aromatic heterocycles. The van der Waals surface area contributed by atoms with E-state index >= 15 is 0 Å². The highest BCUT2D eigenvalue weighted by Gasteiger charge is 2.62. The van der Waals surface area contributed by atoms with E-state index in [-0.39, 0.29) is 0 Å². The molecular weight excluding hydrogens is 258 g/mol. The first-order valence-electron chi connectivity index (χ1n) is 9.38. The average Bonchev–Trinajstić information content (AvgIpc) is 2.69. The van der Waals surface area contributed by atoms with Crippen LogP contribution in [-0.4, -0.2) is 24.8 Å². The van der Waals surface area contributed by atoms with E-state index < -0.39 is 0 Å². The van der Waals surface area contributed by atoms with Crippen LogP contribution in [0.2, 0.25) is 0 Å². The van der Waals surface area contributed by atoms with Crippen LogP contribution in [0.1, 0.15) is 79.1 Å². The number of likely N-dealkylation sites (N-methyl/N-ethyl adjacent to an activating group) is 1. The molecule has 5 unspecified atom stereocenters. The summed E-state index contributed by atoms with van der Waals surface area (Å²) in [5, 5.41) is 3.70. The first kappa shape index (κ1) is 15.8. The Kier molecular flexibility index (Phi) is 4.40. The molecule has 0 amide bonds. The quantitative estimate of drug-likeness (QED) is 0.769. The number of hydrogen-bond donors (Lipinski definition) is 1. The van der Waals surface area contributed by atoms with E-state index in [9.17, 15) is 0 Å². The lowest BCUT2D eigenvalue weighted by molar-refractivity contribution is -0.0990. The minimum atomic E-state index is 0.404. The average molecular weight is 293 g/mol. The first-order chi connectivity index (χ1) is 9.99. The minimum Gasteiger partial charge on any atom is -0.373 e. The van der Waals surface area contributed by atoms with Gasteiger partial charge in [0.15, 0.2) is 0 Å². The van der Waals surface area contributed by atoms with Crippen molar-refractivity contribution >= 4 is 0 Å².